The summed E-state index contributed by atoms with van der Waals surface area (Å²) in [7, 11) is 0. The Kier molecular flexibility index (Phi) is 6.29. The van der Waals surface area contributed by atoms with Crippen molar-refractivity contribution in [2.45, 2.75) is 20.4 Å². The molecule has 0 aromatic heterocycles. The summed E-state index contributed by atoms with van der Waals surface area (Å²) in [5.74, 6) is 0. The maximum atomic E-state index is 11.9. The Morgan fingerprint density at radius 3 is 2.39 bits per heavy atom. The average Bonchev–Trinajstić information content (AvgIpc) is 2.55. The maximum absolute atomic E-state index is 11.9. The Hall–Kier alpha value is -2.20. The van der Waals surface area contributed by atoms with Crippen molar-refractivity contribution in [1.82, 2.24) is 5.32 Å². The molecule has 2 aromatic carbocycles. The zero-order valence-electron chi connectivity index (χ0n) is 13.5. The molecule has 2 rings (SSSR count). The number of anilines is 2. The standard InChI is InChI=1S/C18H22ClN3O/c1-3-22(4-2)17-10-8-14(9-11-17)13-20-18(23)21-16-7-5-6-15(19)12-16/h5-12H,3-4,13H2,1-2H3,(H2,20,21,23). The number of nitrogens with one attached hydrogen (secondary N) is 2. The molecule has 0 aliphatic rings. The normalized spacial score (nSPS) is 10.2. The minimum atomic E-state index is -0.250. The van der Waals surface area contributed by atoms with Crippen molar-refractivity contribution in [2.24, 2.45) is 0 Å². The molecular weight excluding hydrogens is 310 g/mol. The zero-order valence-corrected chi connectivity index (χ0v) is 14.2. The van der Waals surface area contributed by atoms with E-state index in [0.29, 0.717) is 17.3 Å². The van der Waals surface area contributed by atoms with Crippen LogP contribution in [0.15, 0.2) is 48.5 Å². The van der Waals surface area contributed by atoms with Crippen molar-refractivity contribution >= 4 is 29.0 Å². The van der Waals surface area contributed by atoms with E-state index in [1.165, 1.54) is 5.69 Å². The van der Waals surface area contributed by atoms with E-state index in [1.807, 2.05) is 12.1 Å². The van der Waals surface area contributed by atoms with Crippen LogP contribution in [0.5, 0.6) is 0 Å². The van der Waals surface area contributed by atoms with Gasteiger partial charge in [0.2, 0.25) is 0 Å². The SMILES string of the molecule is CCN(CC)c1ccc(CNC(=O)Nc2cccc(Cl)c2)cc1. The van der Waals surface area contributed by atoms with Crippen molar-refractivity contribution in [3.05, 3.63) is 59.1 Å². The van der Waals surface area contributed by atoms with Gasteiger partial charge in [-0.15, -0.1) is 0 Å². The first-order valence-corrected chi connectivity index (χ1v) is 8.14. The highest BCUT2D eigenvalue weighted by Gasteiger charge is 2.04. The van der Waals surface area contributed by atoms with Gasteiger partial charge in [-0.2, -0.15) is 0 Å². The Morgan fingerprint density at radius 2 is 1.78 bits per heavy atom. The van der Waals surface area contributed by atoms with E-state index in [0.717, 1.165) is 18.7 Å². The van der Waals surface area contributed by atoms with Crippen LogP contribution in [0, 0.1) is 0 Å². The number of nitrogens with zero attached hydrogens (tertiary/aromatic N) is 1. The molecule has 0 radical (unpaired) electrons. The highest BCUT2D eigenvalue weighted by atomic mass is 35.5. The summed E-state index contributed by atoms with van der Waals surface area (Å²) < 4.78 is 0. The van der Waals surface area contributed by atoms with Gasteiger partial charge < -0.3 is 15.5 Å². The number of rotatable bonds is 6. The minimum absolute atomic E-state index is 0.250. The van der Waals surface area contributed by atoms with Gasteiger partial charge in [-0.25, -0.2) is 4.79 Å². The van der Waals surface area contributed by atoms with Crippen LogP contribution in [0.4, 0.5) is 16.2 Å². The van der Waals surface area contributed by atoms with Crippen LogP contribution in [-0.4, -0.2) is 19.1 Å². The van der Waals surface area contributed by atoms with Gasteiger partial charge in [-0.3, -0.25) is 0 Å². The number of hydrogen-bond acceptors (Lipinski definition) is 2. The lowest BCUT2D eigenvalue weighted by Crippen LogP contribution is -2.28. The number of halogens is 1. The van der Waals surface area contributed by atoms with Crippen LogP contribution >= 0.6 is 11.6 Å². The highest BCUT2D eigenvalue weighted by Crippen LogP contribution is 2.16. The van der Waals surface area contributed by atoms with Gasteiger partial charge in [0.1, 0.15) is 0 Å². The van der Waals surface area contributed by atoms with Gasteiger partial charge >= 0.3 is 6.03 Å². The molecule has 0 aliphatic carbocycles. The number of hydrogen-bond donors (Lipinski definition) is 2. The fraction of sp³-hybridized carbons (Fsp3) is 0.278. The van der Waals surface area contributed by atoms with Gasteiger partial charge in [0.25, 0.3) is 0 Å². The Labute approximate surface area is 142 Å². The molecule has 2 N–H and O–H groups in total. The van der Waals surface area contributed by atoms with E-state index in [9.17, 15) is 4.79 Å². The molecule has 2 aromatic rings. The smallest absolute Gasteiger partial charge is 0.319 e. The second kappa shape index (κ2) is 8.44. The van der Waals surface area contributed by atoms with E-state index in [1.54, 1.807) is 24.3 Å². The van der Waals surface area contributed by atoms with Crippen molar-refractivity contribution in [1.29, 1.82) is 0 Å². The van der Waals surface area contributed by atoms with Crippen LogP contribution in [0.3, 0.4) is 0 Å². The third-order valence-electron chi connectivity index (χ3n) is 3.60. The Morgan fingerprint density at radius 1 is 1.09 bits per heavy atom. The number of amides is 2. The summed E-state index contributed by atoms with van der Waals surface area (Å²) >= 11 is 5.89. The summed E-state index contributed by atoms with van der Waals surface area (Å²) in [5, 5.41) is 6.19. The molecule has 0 heterocycles. The van der Waals surface area contributed by atoms with E-state index in [-0.39, 0.29) is 6.03 Å². The first-order valence-electron chi connectivity index (χ1n) is 7.76. The number of urea groups is 1. The highest BCUT2D eigenvalue weighted by molar-refractivity contribution is 6.30. The Bertz CT molecular complexity index is 639. The predicted molar refractivity (Wildman–Crippen MR) is 97.3 cm³/mol. The van der Waals surface area contributed by atoms with Crippen LogP contribution in [0.25, 0.3) is 0 Å². The fourth-order valence-corrected chi connectivity index (χ4v) is 2.53. The molecule has 0 unspecified atom stereocenters. The van der Waals surface area contributed by atoms with Crippen LogP contribution in [0.1, 0.15) is 19.4 Å². The second-order valence-corrected chi connectivity index (χ2v) is 5.59. The van der Waals surface area contributed by atoms with E-state index < -0.39 is 0 Å². The topological polar surface area (TPSA) is 44.4 Å². The number of benzene rings is 2. The lowest BCUT2D eigenvalue weighted by atomic mass is 10.2. The molecule has 0 bridgehead atoms. The van der Waals surface area contributed by atoms with E-state index in [4.69, 9.17) is 11.6 Å². The second-order valence-electron chi connectivity index (χ2n) is 5.16. The number of carbonyl (C=O) groups is 1. The van der Waals surface area contributed by atoms with Crippen LogP contribution < -0.4 is 15.5 Å². The molecule has 122 valence electrons. The van der Waals surface area contributed by atoms with Gasteiger partial charge in [0, 0.05) is 36.0 Å². The molecular formula is C18H22ClN3O. The van der Waals surface area contributed by atoms with Crippen molar-refractivity contribution in [3.63, 3.8) is 0 Å². The number of carbonyl (C=O) groups excluding carboxylic acids is 1. The fourth-order valence-electron chi connectivity index (χ4n) is 2.34. The van der Waals surface area contributed by atoms with E-state index in [2.05, 4.69) is 41.5 Å². The molecule has 0 fully saturated rings. The lowest BCUT2D eigenvalue weighted by Gasteiger charge is -2.21. The largest absolute Gasteiger partial charge is 0.372 e. The first-order chi connectivity index (χ1) is 11.1. The minimum Gasteiger partial charge on any atom is -0.372 e. The molecule has 0 spiro atoms. The molecule has 0 aliphatic heterocycles. The zero-order chi connectivity index (χ0) is 16.7. The van der Waals surface area contributed by atoms with Gasteiger partial charge in [0.05, 0.1) is 0 Å². The molecule has 23 heavy (non-hydrogen) atoms. The quantitative estimate of drug-likeness (QED) is 0.818. The third-order valence-corrected chi connectivity index (χ3v) is 3.84. The summed E-state index contributed by atoms with van der Waals surface area (Å²) in [4.78, 5) is 14.2. The molecule has 0 atom stereocenters. The van der Waals surface area contributed by atoms with Gasteiger partial charge in [0.15, 0.2) is 0 Å². The molecule has 4 nitrogen and oxygen atoms in total. The Balaban J connectivity index is 1.86. The summed E-state index contributed by atoms with van der Waals surface area (Å²) in [6, 6.07) is 15.1. The van der Waals surface area contributed by atoms with Crippen molar-refractivity contribution in [3.8, 4) is 0 Å². The third kappa shape index (κ3) is 5.18. The predicted octanol–water partition coefficient (Wildman–Crippen LogP) is 4.51. The van der Waals surface area contributed by atoms with Gasteiger partial charge in [-0.05, 0) is 49.7 Å². The van der Waals surface area contributed by atoms with Gasteiger partial charge in [-0.1, -0.05) is 29.8 Å². The molecule has 5 heteroatoms. The average molecular weight is 332 g/mol. The summed E-state index contributed by atoms with van der Waals surface area (Å²) in [6.07, 6.45) is 0. The summed E-state index contributed by atoms with van der Waals surface area (Å²) in [6.45, 7) is 6.72. The molecule has 0 saturated carbocycles. The molecule has 2 amide bonds. The lowest BCUT2D eigenvalue weighted by molar-refractivity contribution is 0.251. The van der Waals surface area contributed by atoms with E-state index >= 15 is 0 Å². The molecule has 0 saturated heterocycles. The summed E-state index contributed by atoms with van der Waals surface area (Å²) in [5.41, 5.74) is 2.93. The van der Waals surface area contributed by atoms with Crippen LogP contribution in [-0.2, 0) is 6.54 Å². The first kappa shape index (κ1) is 17.2. The maximum Gasteiger partial charge on any atom is 0.319 e. The monoisotopic (exact) mass is 331 g/mol. The van der Waals surface area contributed by atoms with Crippen LogP contribution in [0.2, 0.25) is 5.02 Å². The van der Waals surface area contributed by atoms with Crippen molar-refractivity contribution < 1.29 is 4.79 Å². The van der Waals surface area contributed by atoms with Crippen molar-refractivity contribution in [2.75, 3.05) is 23.3 Å².